The van der Waals surface area contributed by atoms with Crippen molar-refractivity contribution in [3.8, 4) is 0 Å². The summed E-state index contributed by atoms with van der Waals surface area (Å²) in [7, 11) is 0. The number of nitrogens with one attached hydrogen (secondary N) is 2. The summed E-state index contributed by atoms with van der Waals surface area (Å²) in [5.41, 5.74) is 1.87. The summed E-state index contributed by atoms with van der Waals surface area (Å²) < 4.78 is 0. The van der Waals surface area contributed by atoms with Gasteiger partial charge in [-0.2, -0.15) is 0 Å². The predicted octanol–water partition coefficient (Wildman–Crippen LogP) is 4.58. The van der Waals surface area contributed by atoms with E-state index in [1.165, 1.54) is 6.42 Å². The molecule has 1 aliphatic carbocycles. The van der Waals surface area contributed by atoms with Crippen molar-refractivity contribution in [1.82, 2.24) is 5.32 Å². The van der Waals surface area contributed by atoms with Gasteiger partial charge in [0.1, 0.15) is 0 Å². The van der Waals surface area contributed by atoms with E-state index < -0.39 is 0 Å². The van der Waals surface area contributed by atoms with E-state index in [-0.39, 0.29) is 24.3 Å². The van der Waals surface area contributed by atoms with E-state index >= 15 is 0 Å². The highest BCUT2D eigenvalue weighted by atomic mass is 35.5. The van der Waals surface area contributed by atoms with Gasteiger partial charge in [0.2, 0.25) is 5.91 Å². The lowest BCUT2D eigenvalue weighted by Crippen LogP contribution is -2.36. The van der Waals surface area contributed by atoms with Gasteiger partial charge in [0.15, 0.2) is 0 Å². The third-order valence-electron chi connectivity index (χ3n) is 4.64. The average molecular weight is 371 g/mol. The second-order valence-electron chi connectivity index (χ2n) is 6.71. The molecule has 0 aliphatic heterocycles. The van der Waals surface area contributed by atoms with Crippen LogP contribution in [0.15, 0.2) is 48.5 Å². The maximum atomic E-state index is 12.6. The molecule has 1 saturated carbocycles. The zero-order chi connectivity index (χ0) is 18.4. The lowest BCUT2D eigenvalue weighted by Gasteiger charge is -2.23. The summed E-state index contributed by atoms with van der Waals surface area (Å²) in [5, 5.41) is 6.55. The van der Waals surface area contributed by atoms with E-state index in [1.807, 2.05) is 24.3 Å². The molecule has 0 aromatic heterocycles. The van der Waals surface area contributed by atoms with E-state index in [0.717, 1.165) is 31.2 Å². The number of anilines is 1. The molecule has 26 heavy (non-hydrogen) atoms. The van der Waals surface area contributed by atoms with Crippen LogP contribution in [0, 0.1) is 0 Å². The minimum atomic E-state index is -0.176. The predicted molar refractivity (Wildman–Crippen MR) is 105 cm³/mol. The van der Waals surface area contributed by atoms with Gasteiger partial charge in [-0.3, -0.25) is 9.59 Å². The summed E-state index contributed by atoms with van der Waals surface area (Å²) in [6.45, 7) is 0. The van der Waals surface area contributed by atoms with Crippen molar-refractivity contribution >= 4 is 29.1 Å². The molecule has 1 fully saturated rings. The Kier molecular flexibility index (Phi) is 6.29. The first-order chi connectivity index (χ1) is 12.6. The first-order valence-corrected chi connectivity index (χ1v) is 9.44. The smallest absolute Gasteiger partial charge is 0.253 e. The minimum Gasteiger partial charge on any atom is -0.349 e. The normalized spacial score (nSPS) is 14.7. The van der Waals surface area contributed by atoms with Gasteiger partial charge in [0.05, 0.1) is 17.7 Å². The highest BCUT2D eigenvalue weighted by Gasteiger charge is 2.19. The molecule has 5 heteroatoms. The third-order valence-corrected chi connectivity index (χ3v) is 4.87. The third kappa shape index (κ3) is 5.09. The van der Waals surface area contributed by atoms with Crippen LogP contribution in [0.4, 0.5) is 5.69 Å². The summed E-state index contributed by atoms with van der Waals surface area (Å²) in [4.78, 5) is 25.0. The maximum Gasteiger partial charge on any atom is 0.253 e. The van der Waals surface area contributed by atoms with E-state index in [0.29, 0.717) is 16.3 Å². The van der Waals surface area contributed by atoms with Crippen molar-refractivity contribution in [3.63, 3.8) is 0 Å². The SMILES string of the molecule is O=C(Cc1cccc(Cl)c1)Nc1ccccc1C(=O)NC1CCCCC1. The number of carbonyl (C=O) groups is 2. The van der Waals surface area contributed by atoms with Crippen LogP contribution in [0.5, 0.6) is 0 Å². The van der Waals surface area contributed by atoms with Gasteiger partial charge in [0.25, 0.3) is 5.91 Å². The molecule has 0 saturated heterocycles. The summed E-state index contributed by atoms with van der Waals surface area (Å²) >= 11 is 5.96. The van der Waals surface area contributed by atoms with E-state index in [9.17, 15) is 9.59 Å². The van der Waals surface area contributed by atoms with Gasteiger partial charge in [0, 0.05) is 11.1 Å². The van der Waals surface area contributed by atoms with Gasteiger partial charge >= 0.3 is 0 Å². The van der Waals surface area contributed by atoms with Crippen molar-refractivity contribution in [1.29, 1.82) is 0 Å². The molecule has 0 unspecified atom stereocenters. The topological polar surface area (TPSA) is 58.2 Å². The van der Waals surface area contributed by atoms with Gasteiger partial charge in [-0.05, 0) is 42.7 Å². The fourth-order valence-corrected chi connectivity index (χ4v) is 3.54. The molecule has 0 heterocycles. The molecule has 2 amide bonds. The largest absolute Gasteiger partial charge is 0.349 e. The van der Waals surface area contributed by atoms with Gasteiger partial charge < -0.3 is 10.6 Å². The number of carbonyl (C=O) groups excluding carboxylic acids is 2. The Morgan fingerprint density at radius 2 is 1.77 bits per heavy atom. The highest BCUT2D eigenvalue weighted by molar-refractivity contribution is 6.30. The molecule has 0 spiro atoms. The Morgan fingerprint density at radius 1 is 1.00 bits per heavy atom. The molecule has 2 N–H and O–H groups in total. The van der Waals surface area contributed by atoms with Crippen LogP contribution in [0.3, 0.4) is 0 Å². The molecule has 136 valence electrons. The van der Waals surface area contributed by atoms with Crippen molar-refractivity contribution in [2.24, 2.45) is 0 Å². The first kappa shape index (κ1) is 18.5. The minimum absolute atomic E-state index is 0.129. The lowest BCUT2D eigenvalue weighted by molar-refractivity contribution is -0.115. The zero-order valence-corrected chi connectivity index (χ0v) is 15.4. The van der Waals surface area contributed by atoms with Crippen molar-refractivity contribution < 1.29 is 9.59 Å². The summed E-state index contributed by atoms with van der Waals surface area (Å²) in [6.07, 6.45) is 5.80. The van der Waals surface area contributed by atoms with E-state index in [4.69, 9.17) is 11.6 Å². The molecule has 2 aromatic rings. The second kappa shape index (κ2) is 8.86. The van der Waals surface area contributed by atoms with Crippen molar-refractivity contribution in [3.05, 3.63) is 64.7 Å². The number of halogens is 1. The van der Waals surface area contributed by atoms with Gasteiger partial charge in [-0.25, -0.2) is 0 Å². The molecule has 0 radical (unpaired) electrons. The lowest BCUT2D eigenvalue weighted by atomic mass is 9.95. The van der Waals surface area contributed by atoms with Crippen LogP contribution in [0.2, 0.25) is 5.02 Å². The Morgan fingerprint density at radius 3 is 2.54 bits per heavy atom. The Labute approximate surface area is 158 Å². The quantitative estimate of drug-likeness (QED) is 0.809. The molecule has 0 atom stereocenters. The van der Waals surface area contributed by atoms with E-state index in [2.05, 4.69) is 10.6 Å². The number of amides is 2. The van der Waals surface area contributed by atoms with Crippen LogP contribution >= 0.6 is 11.6 Å². The summed E-state index contributed by atoms with van der Waals surface area (Å²) in [5.74, 6) is -0.305. The fourth-order valence-electron chi connectivity index (χ4n) is 3.33. The number of para-hydroxylation sites is 1. The Balaban J connectivity index is 1.66. The molecule has 4 nitrogen and oxygen atoms in total. The van der Waals surface area contributed by atoms with E-state index in [1.54, 1.807) is 24.3 Å². The van der Waals surface area contributed by atoms with Crippen LogP contribution in [-0.4, -0.2) is 17.9 Å². The Hall–Kier alpha value is -2.33. The average Bonchev–Trinajstić information content (AvgIpc) is 2.63. The fraction of sp³-hybridized carbons (Fsp3) is 0.333. The monoisotopic (exact) mass is 370 g/mol. The zero-order valence-electron chi connectivity index (χ0n) is 14.6. The molecular weight excluding hydrogens is 348 g/mol. The molecule has 2 aromatic carbocycles. The first-order valence-electron chi connectivity index (χ1n) is 9.06. The number of rotatable bonds is 5. The van der Waals surface area contributed by atoms with Gasteiger partial charge in [-0.15, -0.1) is 0 Å². The number of hydrogen-bond acceptors (Lipinski definition) is 2. The Bertz CT molecular complexity index is 785. The highest BCUT2D eigenvalue weighted by Crippen LogP contribution is 2.20. The molecule has 3 rings (SSSR count). The van der Waals surface area contributed by atoms with Crippen LogP contribution in [0.1, 0.15) is 48.0 Å². The van der Waals surface area contributed by atoms with Crippen molar-refractivity contribution in [2.75, 3.05) is 5.32 Å². The molecular formula is C21H23ClN2O2. The molecule has 1 aliphatic rings. The number of hydrogen-bond donors (Lipinski definition) is 2. The van der Waals surface area contributed by atoms with Crippen LogP contribution in [0.25, 0.3) is 0 Å². The van der Waals surface area contributed by atoms with Crippen molar-refractivity contribution in [2.45, 2.75) is 44.6 Å². The maximum absolute atomic E-state index is 12.6. The molecule has 0 bridgehead atoms. The second-order valence-corrected chi connectivity index (χ2v) is 7.15. The standard InChI is InChI=1S/C21H23ClN2O2/c22-16-8-6-7-15(13-16)14-20(25)24-19-12-5-4-11-18(19)21(26)23-17-9-2-1-3-10-17/h4-8,11-13,17H,1-3,9-10,14H2,(H,23,26)(H,24,25). The van der Waals surface area contributed by atoms with Gasteiger partial charge in [-0.1, -0.05) is 55.1 Å². The summed E-state index contributed by atoms with van der Waals surface area (Å²) in [6, 6.07) is 14.6. The van der Waals surface area contributed by atoms with Crippen LogP contribution < -0.4 is 10.6 Å². The number of benzene rings is 2. The van der Waals surface area contributed by atoms with Crippen LogP contribution in [-0.2, 0) is 11.2 Å².